The first-order valence-electron chi connectivity index (χ1n) is 5.84. The summed E-state index contributed by atoms with van der Waals surface area (Å²) in [5, 5.41) is 2.47. The summed E-state index contributed by atoms with van der Waals surface area (Å²) in [5.74, 6) is 0.907. The summed E-state index contributed by atoms with van der Waals surface area (Å²) in [4.78, 5) is 0. The van der Waals surface area contributed by atoms with Crippen LogP contribution < -0.4 is 4.74 Å². The molecule has 2 aromatic carbocycles. The molecule has 0 aliphatic heterocycles. The van der Waals surface area contributed by atoms with Crippen LogP contribution in [0.1, 0.15) is 26.3 Å². The maximum absolute atomic E-state index is 5.23. The van der Waals surface area contributed by atoms with Crippen molar-refractivity contribution in [2.75, 3.05) is 7.11 Å². The molecule has 1 nitrogen and oxygen atoms in total. The summed E-state index contributed by atoms with van der Waals surface area (Å²) in [5.41, 5.74) is 4.00. The van der Waals surface area contributed by atoms with E-state index in [2.05, 4.69) is 51.1 Å². The molecule has 0 heterocycles. The molecular formula is C16H18O. The Bertz CT molecular complexity index is 575. The standard InChI is InChI=1S/C16H18O/c1-11(2)12(3)13-5-6-15-10-16(17-4)8-7-14(15)9-13/h5-10H,1-4H3. The van der Waals surface area contributed by atoms with Gasteiger partial charge in [-0.2, -0.15) is 0 Å². The van der Waals surface area contributed by atoms with Gasteiger partial charge in [0, 0.05) is 0 Å². The molecule has 0 amide bonds. The molecule has 0 radical (unpaired) electrons. The van der Waals surface area contributed by atoms with Gasteiger partial charge in [-0.3, -0.25) is 0 Å². The minimum atomic E-state index is 0.907. The van der Waals surface area contributed by atoms with Crippen molar-refractivity contribution in [3.05, 3.63) is 47.5 Å². The first-order chi connectivity index (χ1) is 8.11. The van der Waals surface area contributed by atoms with Crippen LogP contribution in [-0.4, -0.2) is 7.11 Å². The molecule has 0 fully saturated rings. The molecule has 88 valence electrons. The maximum atomic E-state index is 5.23. The number of methoxy groups -OCH3 is 1. The van der Waals surface area contributed by atoms with Gasteiger partial charge in [0.15, 0.2) is 0 Å². The molecular weight excluding hydrogens is 208 g/mol. The van der Waals surface area contributed by atoms with E-state index in [-0.39, 0.29) is 0 Å². The molecule has 2 rings (SSSR count). The number of allylic oxidation sites excluding steroid dienone is 2. The van der Waals surface area contributed by atoms with E-state index in [0.717, 1.165) is 5.75 Å². The summed E-state index contributed by atoms with van der Waals surface area (Å²) in [6, 6.07) is 12.7. The van der Waals surface area contributed by atoms with Gasteiger partial charge in [0.05, 0.1) is 7.11 Å². The lowest BCUT2D eigenvalue weighted by Crippen LogP contribution is -1.85. The fourth-order valence-electron chi connectivity index (χ4n) is 1.87. The van der Waals surface area contributed by atoms with Crippen LogP contribution >= 0.6 is 0 Å². The Morgan fingerprint density at radius 3 is 2.18 bits per heavy atom. The van der Waals surface area contributed by atoms with Crippen LogP contribution in [0, 0.1) is 0 Å². The van der Waals surface area contributed by atoms with Crippen molar-refractivity contribution < 1.29 is 4.74 Å². The lowest BCUT2D eigenvalue weighted by molar-refractivity contribution is 0.415. The second-order valence-corrected chi connectivity index (χ2v) is 4.55. The molecule has 0 spiro atoms. The Morgan fingerprint density at radius 2 is 1.53 bits per heavy atom. The predicted molar refractivity (Wildman–Crippen MR) is 74.4 cm³/mol. The van der Waals surface area contributed by atoms with Crippen molar-refractivity contribution in [3.8, 4) is 5.75 Å². The largest absolute Gasteiger partial charge is 0.497 e. The predicted octanol–water partition coefficient (Wildman–Crippen LogP) is 4.66. The van der Waals surface area contributed by atoms with E-state index in [1.165, 1.54) is 27.5 Å². The van der Waals surface area contributed by atoms with E-state index in [0.29, 0.717) is 0 Å². The van der Waals surface area contributed by atoms with Crippen LogP contribution in [0.15, 0.2) is 42.0 Å². The summed E-state index contributed by atoms with van der Waals surface area (Å²) < 4.78 is 5.23. The third-order valence-corrected chi connectivity index (χ3v) is 3.23. The van der Waals surface area contributed by atoms with Gasteiger partial charge in [0.1, 0.15) is 5.75 Å². The van der Waals surface area contributed by atoms with Gasteiger partial charge >= 0.3 is 0 Å². The Balaban J connectivity index is 2.56. The van der Waals surface area contributed by atoms with E-state index in [4.69, 9.17) is 4.74 Å². The summed E-state index contributed by atoms with van der Waals surface area (Å²) in [6.07, 6.45) is 0. The lowest BCUT2D eigenvalue weighted by atomic mass is 9.99. The lowest BCUT2D eigenvalue weighted by Gasteiger charge is -2.07. The second kappa shape index (κ2) is 4.62. The first-order valence-corrected chi connectivity index (χ1v) is 5.84. The highest BCUT2D eigenvalue weighted by Crippen LogP contribution is 2.25. The fraction of sp³-hybridized carbons (Fsp3) is 0.250. The molecule has 0 aliphatic rings. The van der Waals surface area contributed by atoms with Crippen molar-refractivity contribution >= 4 is 16.3 Å². The Hall–Kier alpha value is -1.76. The summed E-state index contributed by atoms with van der Waals surface area (Å²) in [7, 11) is 1.70. The molecule has 0 unspecified atom stereocenters. The Labute approximate surface area is 103 Å². The zero-order chi connectivity index (χ0) is 12.4. The summed E-state index contributed by atoms with van der Waals surface area (Å²) in [6.45, 7) is 6.46. The summed E-state index contributed by atoms with van der Waals surface area (Å²) >= 11 is 0. The number of benzene rings is 2. The molecule has 0 saturated heterocycles. The van der Waals surface area contributed by atoms with Gasteiger partial charge in [-0.1, -0.05) is 23.8 Å². The van der Waals surface area contributed by atoms with Crippen molar-refractivity contribution in [1.29, 1.82) is 0 Å². The van der Waals surface area contributed by atoms with Gasteiger partial charge in [-0.15, -0.1) is 0 Å². The molecule has 1 heteroatoms. The molecule has 0 aromatic heterocycles. The Morgan fingerprint density at radius 1 is 0.882 bits per heavy atom. The Kier molecular flexibility index (Phi) is 3.19. The molecule has 17 heavy (non-hydrogen) atoms. The van der Waals surface area contributed by atoms with Crippen LogP contribution in [-0.2, 0) is 0 Å². The minimum Gasteiger partial charge on any atom is -0.497 e. The monoisotopic (exact) mass is 226 g/mol. The van der Waals surface area contributed by atoms with E-state index >= 15 is 0 Å². The van der Waals surface area contributed by atoms with Gasteiger partial charge < -0.3 is 4.74 Å². The van der Waals surface area contributed by atoms with Crippen LogP contribution in [0.5, 0.6) is 5.75 Å². The van der Waals surface area contributed by atoms with E-state index in [1.54, 1.807) is 7.11 Å². The fourth-order valence-corrected chi connectivity index (χ4v) is 1.87. The maximum Gasteiger partial charge on any atom is 0.119 e. The normalized spacial score (nSPS) is 10.4. The van der Waals surface area contributed by atoms with E-state index in [1.807, 2.05) is 6.07 Å². The molecule has 0 saturated carbocycles. The smallest absolute Gasteiger partial charge is 0.119 e. The molecule has 0 bridgehead atoms. The average Bonchev–Trinajstić information content (AvgIpc) is 2.36. The molecule has 0 aliphatic carbocycles. The van der Waals surface area contributed by atoms with Gasteiger partial charge in [0.25, 0.3) is 0 Å². The van der Waals surface area contributed by atoms with E-state index in [9.17, 15) is 0 Å². The first kappa shape index (κ1) is 11.7. The third-order valence-electron chi connectivity index (χ3n) is 3.23. The number of fused-ring (bicyclic) bond motifs is 1. The van der Waals surface area contributed by atoms with Gasteiger partial charge in [-0.25, -0.2) is 0 Å². The van der Waals surface area contributed by atoms with Crippen LogP contribution in [0.3, 0.4) is 0 Å². The van der Waals surface area contributed by atoms with Gasteiger partial charge in [0.2, 0.25) is 0 Å². The zero-order valence-corrected chi connectivity index (χ0v) is 10.9. The highest BCUT2D eigenvalue weighted by molar-refractivity contribution is 5.87. The number of hydrogen-bond acceptors (Lipinski definition) is 1. The molecule has 0 N–H and O–H groups in total. The quantitative estimate of drug-likeness (QED) is 0.723. The second-order valence-electron chi connectivity index (χ2n) is 4.55. The molecule has 2 aromatic rings. The number of ether oxygens (including phenoxy) is 1. The van der Waals surface area contributed by atoms with Crippen molar-refractivity contribution in [2.24, 2.45) is 0 Å². The highest BCUT2D eigenvalue weighted by Gasteiger charge is 2.01. The topological polar surface area (TPSA) is 9.23 Å². The third kappa shape index (κ3) is 2.33. The highest BCUT2D eigenvalue weighted by atomic mass is 16.5. The van der Waals surface area contributed by atoms with Crippen LogP contribution in [0.25, 0.3) is 16.3 Å². The van der Waals surface area contributed by atoms with Crippen molar-refractivity contribution in [1.82, 2.24) is 0 Å². The van der Waals surface area contributed by atoms with Crippen molar-refractivity contribution in [3.63, 3.8) is 0 Å². The van der Waals surface area contributed by atoms with E-state index < -0.39 is 0 Å². The van der Waals surface area contributed by atoms with Crippen LogP contribution in [0.2, 0.25) is 0 Å². The van der Waals surface area contributed by atoms with Crippen LogP contribution in [0.4, 0.5) is 0 Å². The average molecular weight is 226 g/mol. The van der Waals surface area contributed by atoms with Crippen molar-refractivity contribution in [2.45, 2.75) is 20.8 Å². The molecule has 0 atom stereocenters. The SMILES string of the molecule is COc1ccc2cc(C(C)=C(C)C)ccc2c1. The minimum absolute atomic E-state index is 0.907. The van der Waals surface area contributed by atoms with Gasteiger partial charge in [-0.05, 0) is 60.9 Å². The zero-order valence-electron chi connectivity index (χ0n) is 10.9. The number of hydrogen-bond donors (Lipinski definition) is 0. The number of rotatable bonds is 2.